The summed E-state index contributed by atoms with van der Waals surface area (Å²) >= 11 is 4.79. The normalized spacial score (nSPS) is 12.2. The van der Waals surface area contributed by atoms with Crippen molar-refractivity contribution >= 4 is 38.3 Å². The van der Waals surface area contributed by atoms with E-state index < -0.39 is 0 Å². The summed E-state index contributed by atoms with van der Waals surface area (Å²) in [5.41, 5.74) is 1.40. The third-order valence-electron chi connectivity index (χ3n) is 3.38. The minimum Gasteiger partial charge on any atom is -0.454 e. The number of benzene rings is 2. The fourth-order valence-corrected chi connectivity index (χ4v) is 3.61. The van der Waals surface area contributed by atoms with E-state index in [0.29, 0.717) is 22.2 Å². The Morgan fingerprint density at radius 2 is 1.96 bits per heavy atom. The second kappa shape index (κ2) is 6.21. The van der Waals surface area contributed by atoms with Crippen LogP contribution in [0.15, 0.2) is 46.9 Å². The Labute approximate surface area is 149 Å². The van der Waals surface area contributed by atoms with Crippen LogP contribution in [0.25, 0.3) is 10.6 Å². The van der Waals surface area contributed by atoms with Crippen LogP contribution in [0, 0.1) is 0 Å². The SMILES string of the molecule is O=C(Nc1nnc(-c2ccccc2Br)s1)c1ccc2c(c1)OCO2. The van der Waals surface area contributed by atoms with Crippen LogP contribution < -0.4 is 14.8 Å². The maximum Gasteiger partial charge on any atom is 0.257 e. The molecule has 1 aliphatic rings. The molecule has 4 rings (SSSR count). The number of nitrogens with zero attached hydrogens (tertiary/aromatic N) is 2. The minimum atomic E-state index is -0.275. The maximum atomic E-state index is 12.3. The van der Waals surface area contributed by atoms with Crippen molar-refractivity contribution in [2.45, 2.75) is 0 Å². The van der Waals surface area contributed by atoms with Gasteiger partial charge in [-0.1, -0.05) is 45.5 Å². The lowest BCUT2D eigenvalue weighted by Crippen LogP contribution is -2.11. The van der Waals surface area contributed by atoms with E-state index in [1.165, 1.54) is 11.3 Å². The molecule has 1 N–H and O–H groups in total. The van der Waals surface area contributed by atoms with Crippen molar-refractivity contribution in [1.82, 2.24) is 10.2 Å². The Balaban J connectivity index is 1.54. The molecule has 0 aliphatic carbocycles. The summed E-state index contributed by atoms with van der Waals surface area (Å²) in [6.45, 7) is 0.173. The van der Waals surface area contributed by atoms with Gasteiger partial charge in [0.2, 0.25) is 11.9 Å². The second-order valence-electron chi connectivity index (χ2n) is 4.91. The molecule has 0 unspecified atom stereocenters. The van der Waals surface area contributed by atoms with Crippen LogP contribution in [0.5, 0.6) is 11.5 Å². The summed E-state index contributed by atoms with van der Waals surface area (Å²) < 4.78 is 11.4. The second-order valence-corrected chi connectivity index (χ2v) is 6.75. The van der Waals surface area contributed by atoms with Crippen LogP contribution in [0.3, 0.4) is 0 Å². The lowest BCUT2D eigenvalue weighted by molar-refractivity contribution is 0.102. The van der Waals surface area contributed by atoms with Crippen molar-refractivity contribution in [3.05, 3.63) is 52.5 Å². The van der Waals surface area contributed by atoms with Crippen molar-refractivity contribution in [3.8, 4) is 22.1 Å². The molecule has 6 nitrogen and oxygen atoms in total. The molecule has 0 radical (unpaired) electrons. The summed E-state index contributed by atoms with van der Waals surface area (Å²) in [6.07, 6.45) is 0. The van der Waals surface area contributed by atoms with Gasteiger partial charge in [0.1, 0.15) is 0 Å². The van der Waals surface area contributed by atoms with E-state index in [0.717, 1.165) is 15.0 Å². The lowest BCUT2D eigenvalue weighted by Gasteiger charge is -2.02. The standard InChI is InChI=1S/C16H10BrN3O3S/c17-11-4-2-1-3-10(11)15-19-20-16(24-15)18-14(21)9-5-6-12-13(7-9)23-8-22-12/h1-7H,8H2,(H,18,20,21). The third-order valence-corrected chi connectivity index (χ3v) is 4.95. The lowest BCUT2D eigenvalue weighted by atomic mass is 10.2. The van der Waals surface area contributed by atoms with Crippen molar-refractivity contribution in [2.24, 2.45) is 0 Å². The highest BCUT2D eigenvalue weighted by atomic mass is 79.9. The zero-order valence-electron chi connectivity index (χ0n) is 12.2. The minimum absolute atomic E-state index is 0.173. The monoisotopic (exact) mass is 403 g/mol. The molecule has 1 aromatic heterocycles. The molecule has 24 heavy (non-hydrogen) atoms. The number of nitrogens with one attached hydrogen (secondary N) is 1. The van der Waals surface area contributed by atoms with E-state index in [-0.39, 0.29) is 12.7 Å². The molecule has 2 aromatic carbocycles. The first-order valence-corrected chi connectivity index (χ1v) is 8.61. The molecular formula is C16H10BrN3O3S. The molecule has 120 valence electrons. The van der Waals surface area contributed by atoms with Gasteiger partial charge in [-0.05, 0) is 24.3 Å². The summed E-state index contributed by atoms with van der Waals surface area (Å²) in [6, 6.07) is 12.8. The molecule has 0 saturated carbocycles. The average molecular weight is 404 g/mol. The van der Waals surface area contributed by atoms with Crippen molar-refractivity contribution in [1.29, 1.82) is 0 Å². The maximum absolute atomic E-state index is 12.3. The van der Waals surface area contributed by atoms with Gasteiger partial charge in [-0.2, -0.15) is 0 Å². The number of hydrogen-bond donors (Lipinski definition) is 1. The molecule has 2 heterocycles. The third kappa shape index (κ3) is 2.85. The fraction of sp³-hybridized carbons (Fsp3) is 0.0625. The number of aromatic nitrogens is 2. The first-order valence-electron chi connectivity index (χ1n) is 7.00. The van der Waals surface area contributed by atoms with Crippen molar-refractivity contribution in [2.75, 3.05) is 12.1 Å². The van der Waals surface area contributed by atoms with Crippen LogP contribution >= 0.6 is 27.3 Å². The van der Waals surface area contributed by atoms with Crippen LogP contribution in [0.2, 0.25) is 0 Å². The molecular weight excluding hydrogens is 394 g/mol. The number of carbonyl (C=O) groups excluding carboxylic acids is 1. The summed E-state index contributed by atoms with van der Waals surface area (Å²) in [7, 11) is 0. The molecule has 3 aromatic rings. The first-order chi connectivity index (χ1) is 11.7. The topological polar surface area (TPSA) is 73.3 Å². The average Bonchev–Trinajstić information content (AvgIpc) is 3.23. The van der Waals surface area contributed by atoms with Crippen LogP contribution in [0.1, 0.15) is 10.4 Å². The van der Waals surface area contributed by atoms with Gasteiger partial charge in [0.15, 0.2) is 16.5 Å². The molecule has 0 fully saturated rings. The number of fused-ring (bicyclic) bond motifs is 1. The zero-order chi connectivity index (χ0) is 16.5. The Morgan fingerprint density at radius 3 is 2.83 bits per heavy atom. The van der Waals surface area contributed by atoms with Gasteiger partial charge in [-0.3, -0.25) is 10.1 Å². The number of anilines is 1. The molecule has 0 bridgehead atoms. The predicted molar refractivity (Wildman–Crippen MR) is 93.6 cm³/mol. The van der Waals surface area contributed by atoms with Crippen molar-refractivity contribution < 1.29 is 14.3 Å². The number of rotatable bonds is 3. The van der Waals surface area contributed by atoms with Gasteiger partial charge >= 0.3 is 0 Å². The van der Waals surface area contributed by atoms with Crippen LogP contribution in [-0.4, -0.2) is 22.9 Å². The Hall–Kier alpha value is -2.45. The fourth-order valence-electron chi connectivity index (χ4n) is 2.22. The zero-order valence-corrected chi connectivity index (χ0v) is 14.6. The molecule has 1 amide bonds. The van der Waals surface area contributed by atoms with E-state index in [2.05, 4.69) is 31.4 Å². The highest BCUT2D eigenvalue weighted by molar-refractivity contribution is 9.10. The molecule has 8 heteroatoms. The van der Waals surface area contributed by atoms with Crippen LogP contribution in [0.4, 0.5) is 5.13 Å². The highest BCUT2D eigenvalue weighted by Crippen LogP contribution is 2.34. The number of amides is 1. The summed E-state index contributed by atoms with van der Waals surface area (Å²) in [5.74, 6) is 0.927. The van der Waals surface area contributed by atoms with E-state index in [1.54, 1.807) is 18.2 Å². The number of carbonyl (C=O) groups is 1. The van der Waals surface area contributed by atoms with Gasteiger partial charge in [0.25, 0.3) is 5.91 Å². The molecule has 0 saturated heterocycles. The number of ether oxygens (including phenoxy) is 2. The number of halogens is 1. The van der Waals surface area contributed by atoms with Gasteiger partial charge < -0.3 is 9.47 Å². The number of hydrogen-bond acceptors (Lipinski definition) is 6. The predicted octanol–water partition coefficient (Wildman–Crippen LogP) is 3.95. The molecule has 1 aliphatic heterocycles. The Bertz CT molecular complexity index is 928. The smallest absolute Gasteiger partial charge is 0.257 e. The largest absolute Gasteiger partial charge is 0.454 e. The van der Waals surface area contributed by atoms with E-state index in [4.69, 9.17) is 9.47 Å². The summed E-state index contributed by atoms with van der Waals surface area (Å²) in [5, 5.41) is 12.1. The van der Waals surface area contributed by atoms with E-state index in [9.17, 15) is 4.79 Å². The van der Waals surface area contributed by atoms with Gasteiger partial charge in [0, 0.05) is 15.6 Å². The Morgan fingerprint density at radius 1 is 1.12 bits per heavy atom. The molecule has 0 spiro atoms. The van der Waals surface area contributed by atoms with Crippen LogP contribution in [-0.2, 0) is 0 Å². The molecule has 0 atom stereocenters. The highest BCUT2D eigenvalue weighted by Gasteiger charge is 2.17. The van der Waals surface area contributed by atoms with Gasteiger partial charge in [-0.15, -0.1) is 10.2 Å². The summed E-state index contributed by atoms with van der Waals surface area (Å²) in [4.78, 5) is 12.3. The van der Waals surface area contributed by atoms with E-state index in [1.807, 2.05) is 24.3 Å². The first kappa shape index (κ1) is 15.1. The van der Waals surface area contributed by atoms with Gasteiger partial charge in [-0.25, -0.2) is 0 Å². The quantitative estimate of drug-likeness (QED) is 0.716. The van der Waals surface area contributed by atoms with Crippen molar-refractivity contribution in [3.63, 3.8) is 0 Å². The Kier molecular flexibility index (Phi) is 3.91. The van der Waals surface area contributed by atoms with E-state index >= 15 is 0 Å². The van der Waals surface area contributed by atoms with Gasteiger partial charge in [0.05, 0.1) is 0 Å².